The van der Waals surface area contributed by atoms with Gasteiger partial charge in [-0.1, -0.05) is 20.8 Å². The Labute approximate surface area is 98.7 Å². The summed E-state index contributed by atoms with van der Waals surface area (Å²) in [5.74, 6) is 1.70. The highest BCUT2D eigenvalue weighted by Crippen LogP contribution is 2.10. The lowest BCUT2D eigenvalue weighted by molar-refractivity contribution is 0.606. The second-order valence-corrected chi connectivity index (χ2v) is 4.47. The van der Waals surface area contributed by atoms with E-state index in [2.05, 4.69) is 42.5 Å². The Morgan fingerprint density at radius 3 is 2.56 bits per heavy atom. The minimum absolute atomic E-state index is 0.734. The Morgan fingerprint density at radius 2 is 2.00 bits per heavy atom. The fraction of sp³-hybridized carbons (Fsp3) is 0.615. The van der Waals surface area contributed by atoms with Crippen molar-refractivity contribution in [2.24, 2.45) is 5.92 Å². The summed E-state index contributed by atoms with van der Waals surface area (Å²) in [5, 5.41) is 6.63. The SMILES string of the molecule is CCCNc1ccc(NCCC(C)C)nc1. The lowest BCUT2D eigenvalue weighted by Crippen LogP contribution is -2.06. The molecule has 1 aromatic heterocycles. The van der Waals surface area contributed by atoms with Crippen molar-refractivity contribution in [3.8, 4) is 0 Å². The van der Waals surface area contributed by atoms with Crippen LogP contribution in [0, 0.1) is 5.92 Å². The summed E-state index contributed by atoms with van der Waals surface area (Å²) in [6.07, 6.45) is 4.19. The second-order valence-electron chi connectivity index (χ2n) is 4.47. The topological polar surface area (TPSA) is 37.0 Å². The van der Waals surface area contributed by atoms with E-state index >= 15 is 0 Å². The fourth-order valence-corrected chi connectivity index (χ4v) is 1.36. The highest BCUT2D eigenvalue weighted by atomic mass is 15.0. The summed E-state index contributed by atoms with van der Waals surface area (Å²) in [5.41, 5.74) is 1.09. The van der Waals surface area contributed by atoms with Crippen molar-refractivity contribution in [1.29, 1.82) is 0 Å². The number of aromatic nitrogens is 1. The van der Waals surface area contributed by atoms with Gasteiger partial charge in [0.25, 0.3) is 0 Å². The number of hydrogen-bond donors (Lipinski definition) is 2. The lowest BCUT2D eigenvalue weighted by Gasteiger charge is -2.08. The largest absolute Gasteiger partial charge is 0.384 e. The third-order valence-corrected chi connectivity index (χ3v) is 2.37. The molecule has 0 aliphatic carbocycles. The summed E-state index contributed by atoms with van der Waals surface area (Å²) >= 11 is 0. The molecule has 0 bridgehead atoms. The summed E-state index contributed by atoms with van der Waals surface area (Å²) in [6.45, 7) is 8.61. The van der Waals surface area contributed by atoms with Crippen molar-refractivity contribution in [2.75, 3.05) is 23.7 Å². The third-order valence-electron chi connectivity index (χ3n) is 2.37. The monoisotopic (exact) mass is 221 g/mol. The molecule has 0 radical (unpaired) electrons. The van der Waals surface area contributed by atoms with Gasteiger partial charge < -0.3 is 10.6 Å². The Kier molecular flexibility index (Phi) is 5.68. The van der Waals surface area contributed by atoms with Crippen molar-refractivity contribution in [2.45, 2.75) is 33.6 Å². The van der Waals surface area contributed by atoms with Crippen LogP contribution in [0.1, 0.15) is 33.6 Å². The number of nitrogens with zero attached hydrogens (tertiary/aromatic N) is 1. The molecule has 3 heteroatoms. The summed E-state index contributed by atoms with van der Waals surface area (Å²) in [7, 11) is 0. The Hall–Kier alpha value is -1.25. The Morgan fingerprint density at radius 1 is 1.19 bits per heavy atom. The van der Waals surface area contributed by atoms with E-state index in [1.54, 1.807) is 0 Å². The van der Waals surface area contributed by atoms with Crippen molar-refractivity contribution in [3.05, 3.63) is 18.3 Å². The smallest absolute Gasteiger partial charge is 0.126 e. The highest BCUT2D eigenvalue weighted by molar-refractivity contribution is 5.47. The summed E-state index contributed by atoms with van der Waals surface area (Å²) in [6, 6.07) is 4.10. The Bertz CT molecular complexity index is 280. The minimum atomic E-state index is 0.734. The van der Waals surface area contributed by atoms with Gasteiger partial charge in [0, 0.05) is 13.1 Å². The molecule has 0 aromatic carbocycles. The van der Waals surface area contributed by atoms with Crippen molar-refractivity contribution in [3.63, 3.8) is 0 Å². The maximum Gasteiger partial charge on any atom is 0.126 e. The third kappa shape index (κ3) is 5.01. The van der Waals surface area contributed by atoms with Crippen LogP contribution in [-0.2, 0) is 0 Å². The van der Waals surface area contributed by atoms with Gasteiger partial charge in [0.15, 0.2) is 0 Å². The van der Waals surface area contributed by atoms with Crippen LogP contribution in [0.3, 0.4) is 0 Å². The molecule has 1 heterocycles. The molecule has 0 atom stereocenters. The van der Waals surface area contributed by atoms with Gasteiger partial charge in [0.1, 0.15) is 5.82 Å². The van der Waals surface area contributed by atoms with Crippen LogP contribution in [0.4, 0.5) is 11.5 Å². The average molecular weight is 221 g/mol. The fourth-order valence-electron chi connectivity index (χ4n) is 1.36. The normalized spacial score (nSPS) is 10.5. The van der Waals surface area contributed by atoms with Gasteiger partial charge in [-0.3, -0.25) is 0 Å². The predicted octanol–water partition coefficient (Wildman–Crippen LogP) is 3.36. The molecule has 0 saturated carbocycles. The zero-order valence-electron chi connectivity index (χ0n) is 10.6. The van der Waals surface area contributed by atoms with Gasteiger partial charge in [0.2, 0.25) is 0 Å². The minimum Gasteiger partial charge on any atom is -0.384 e. The second kappa shape index (κ2) is 7.09. The number of anilines is 2. The maximum absolute atomic E-state index is 4.35. The van der Waals surface area contributed by atoms with Crippen LogP contribution in [0.2, 0.25) is 0 Å². The van der Waals surface area contributed by atoms with Gasteiger partial charge in [-0.2, -0.15) is 0 Å². The molecular weight excluding hydrogens is 198 g/mol. The molecule has 0 fully saturated rings. The van der Waals surface area contributed by atoms with Gasteiger partial charge in [-0.15, -0.1) is 0 Å². The van der Waals surface area contributed by atoms with Gasteiger partial charge >= 0.3 is 0 Å². The van der Waals surface area contributed by atoms with Crippen LogP contribution in [-0.4, -0.2) is 18.1 Å². The van der Waals surface area contributed by atoms with Crippen LogP contribution in [0.25, 0.3) is 0 Å². The number of hydrogen-bond acceptors (Lipinski definition) is 3. The first-order valence-corrected chi connectivity index (χ1v) is 6.16. The standard InChI is InChI=1S/C13H23N3/c1-4-8-14-12-5-6-13(16-10-12)15-9-7-11(2)3/h5-6,10-11,14H,4,7-9H2,1-3H3,(H,15,16). The molecule has 0 spiro atoms. The van der Waals surface area contributed by atoms with E-state index in [4.69, 9.17) is 0 Å². The van der Waals surface area contributed by atoms with Crippen LogP contribution < -0.4 is 10.6 Å². The Balaban J connectivity index is 2.33. The number of rotatable bonds is 7. The first-order valence-electron chi connectivity index (χ1n) is 6.16. The molecule has 0 aliphatic heterocycles. The molecule has 1 rings (SSSR count). The van der Waals surface area contributed by atoms with E-state index in [0.717, 1.165) is 36.9 Å². The summed E-state index contributed by atoms with van der Waals surface area (Å²) in [4.78, 5) is 4.35. The molecule has 0 amide bonds. The molecule has 0 saturated heterocycles. The molecule has 90 valence electrons. The zero-order valence-corrected chi connectivity index (χ0v) is 10.6. The quantitative estimate of drug-likeness (QED) is 0.741. The van der Waals surface area contributed by atoms with Gasteiger partial charge in [-0.05, 0) is 30.9 Å². The molecule has 0 aliphatic rings. The van der Waals surface area contributed by atoms with Crippen molar-refractivity contribution in [1.82, 2.24) is 4.98 Å². The summed E-state index contributed by atoms with van der Waals surface area (Å²) < 4.78 is 0. The van der Waals surface area contributed by atoms with Crippen molar-refractivity contribution < 1.29 is 0 Å². The molecular formula is C13H23N3. The van der Waals surface area contributed by atoms with E-state index in [1.807, 2.05) is 12.3 Å². The first kappa shape index (κ1) is 12.8. The molecule has 0 unspecified atom stereocenters. The van der Waals surface area contributed by atoms with Crippen molar-refractivity contribution >= 4 is 11.5 Å². The molecule has 3 nitrogen and oxygen atoms in total. The van der Waals surface area contributed by atoms with Crippen LogP contribution in [0.5, 0.6) is 0 Å². The molecule has 16 heavy (non-hydrogen) atoms. The van der Waals surface area contributed by atoms with E-state index in [1.165, 1.54) is 6.42 Å². The number of pyridine rings is 1. The van der Waals surface area contributed by atoms with Gasteiger partial charge in [-0.25, -0.2) is 4.98 Å². The lowest BCUT2D eigenvalue weighted by atomic mass is 10.1. The van der Waals surface area contributed by atoms with E-state index in [-0.39, 0.29) is 0 Å². The first-order chi connectivity index (χ1) is 7.72. The zero-order chi connectivity index (χ0) is 11.8. The average Bonchev–Trinajstić information content (AvgIpc) is 2.27. The van der Waals surface area contributed by atoms with E-state index in [0.29, 0.717) is 0 Å². The van der Waals surface area contributed by atoms with Gasteiger partial charge in [0.05, 0.1) is 11.9 Å². The van der Waals surface area contributed by atoms with Crippen LogP contribution >= 0.6 is 0 Å². The highest BCUT2D eigenvalue weighted by Gasteiger charge is 1.96. The molecule has 1 aromatic rings. The molecule has 2 N–H and O–H groups in total. The van der Waals surface area contributed by atoms with E-state index < -0.39 is 0 Å². The maximum atomic E-state index is 4.35. The number of nitrogens with one attached hydrogen (secondary N) is 2. The van der Waals surface area contributed by atoms with Crippen LogP contribution in [0.15, 0.2) is 18.3 Å². The predicted molar refractivity (Wildman–Crippen MR) is 71.0 cm³/mol. The van der Waals surface area contributed by atoms with E-state index in [9.17, 15) is 0 Å².